The van der Waals surface area contributed by atoms with E-state index < -0.39 is 0 Å². The maximum Gasteiger partial charge on any atom is 0.224 e. The molecule has 1 amide bonds. The van der Waals surface area contributed by atoms with Crippen LogP contribution in [-0.4, -0.2) is 33.8 Å². The second-order valence-corrected chi connectivity index (χ2v) is 7.10. The molecule has 2 aromatic heterocycles. The third-order valence-electron chi connectivity index (χ3n) is 5.06. The van der Waals surface area contributed by atoms with Crippen LogP contribution in [0.4, 0.5) is 0 Å². The van der Waals surface area contributed by atoms with Gasteiger partial charge in [0, 0.05) is 22.8 Å². The number of carbonyl (C=O) groups excluding carboxylic acids is 1. The Kier molecular flexibility index (Phi) is 5.75. The lowest BCUT2D eigenvalue weighted by Crippen LogP contribution is -2.29. The van der Waals surface area contributed by atoms with Gasteiger partial charge in [-0.3, -0.25) is 9.78 Å². The lowest BCUT2D eigenvalue weighted by atomic mass is 10.1. The van der Waals surface area contributed by atoms with Crippen molar-refractivity contribution in [3.8, 4) is 11.4 Å². The Balaban J connectivity index is 1.34. The number of para-hydroxylation sites is 2. The number of rotatable bonds is 7. The number of nitrogens with one attached hydrogen (secondary N) is 1. The van der Waals surface area contributed by atoms with Crippen LogP contribution >= 0.6 is 0 Å². The quantitative estimate of drug-likeness (QED) is 0.480. The number of pyridine rings is 1. The van der Waals surface area contributed by atoms with Gasteiger partial charge in [0.15, 0.2) is 0 Å². The molecule has 0 radical (unpaired) electrons. The van der Waals surface area contributed by atoms with Crippen molar-refractivity contribution in [2.75, 3.05) is 13.2 Å². The number of benzene rings is 2. The molecule has 1 N–H and O–H groups in total. The zero-order valence-electron chi connectivity index (χ0n) is 17.1. The van der Waals surface area contributed by atoms with E-state index in [1.54, 1.807) is 6.20 Å². The van der Waals surface area contributed by atoms with E-state index in [9.17, 15) is 4.79 Å². The van der Waals surface area contributed by atoms with Crippen LogP contribution in [0, 0.1) is 13.8 Å². The molecular weight excluding hydrogens is 376 g/mol. The third-order valence-corrected chi connectivity index (χ3v) is 5.06. The highest BCUT2D eigenvalue weighted by molar-refractivity contribution is 5.84. The zero-order chi connectivity index (χ0) is 20.9. The van der Waals surface area contributed by atoms with Crippen LogP contribution < -0.4 is 10.1 Å². The third kappa shape index (κ3) is 4.17. The summed E-state index contributed by atoms with van der Waals surface area (Å²) in [6, 6.07) is 19.7. The second-order valence-electron chi connectivity index (χ2n) is 7.10. The Morgan fingerprint density at radius 2 is 1.83 bits per heavy atom. The van der Waals surface area contributed by atoms with Crippen molar-refractivity contribution in [2.24, 2.45) is 0 Å². The van der Waals surface area contributed by atoms with E-state index in [4.69, 9.17) is 4.74 Å². The van der Waals surface area contributed by atoms with Crippen LogP contribution in [0.1, 0.15) is 17.0 Å². The second kappa shape index (κ2) is 8.78. The molecule has 0 saturated carbocycles. The molecule has 0 atom stereocenters. The fourth-order valence-electron chi connectivity index (χ4n) is 3.52. The van der Waals surface area contributed by atoms with E-state index in [1.165, 1.54) is 0 Å². The van der Waals surface area contributed by atoms with Crippen molar-refractivity contribution in [2.45, 2.75) is 20.3 Å². The van der Waals surface area contributed by atoms with Crippen molar-refractivity contribution in [1.82, 2.24) is 20.1 Å². The minimum Gasteiger partial charge on any atom is -0.489 e. The van der Waals surface area contributed by atoms with Crippen molar-refractivity contribution >= 4 is 16.8 Å². The summed E-state index contributed by atoms with van der Waals surface area (Å²) in [5, 5.41) is 8.56. The molecule has 152 valence electrons. The van der Waals surface area contributed by atoms with Crippen LogP contribution in [0.25, 0.3) is 16.6 Å². The molecule has 2 aromatic carbocycles. The molecule has 6 heteroatoms. The number of nitrogens with zero attached hydrogens (tertiary/aromatic N) is 3. The Labute approximate surface area is 175 Å². The smallest absolute Gasteiger partial charge is 0.224 e. The molecule has 0 fully saturated rings. The molecule has 0 aliphatic carbocycles. The lowest BCUT2D eigenvalue weighted by molar-refractivity contribution is -0.120. The van der Waals surface area contributed by atoms with Gasteiger partial charge < -0.3 is 10.1 Å². The van der Waals surface area contributed by atoms with Gasteiger partial charge >= 0.3 is 0 Å². The SMILES string of the molecule is Cc1nn(-c2ccccc2)c(C)c1CC(=O)NCCOc1cccc2cccnc12. The van der Waals surface area contributed by atoms with Crippen molar-refractivity contribution < 1.29 is 9.53 Å². The summed E-state index contributed by atoms with van der Waals surface area (Å²) in [5.41, 5.74) is 4.61. The maximum absolute atomic E-state index is 12.5. The van der Waals surface area contributed by atoms with Crippen LogP contribution in [0.5, 0.6) is 5.75 Å². The van der Waals surface area contributed by atoms with Gasteiger partial charge in [-0.2, -0.15) is 5.10 Å². The molecule has 0 unspecified atom stereocenters. The minimum atomic E-state index is -0.0477. The summed E-state index contributed by atoms with van der Waals surface area (Å²) in [7, 11) is 0. The number of aromatic nitrogens is 3. The first-order chi connectivity index (χ1) is 14.6. The molecule has 0 aliphatic heterocycles. The van der Waals surface area contributed by atoms with E-state index in [0.717, 1.165) is 39.3 Å². The maximum atomic E-state index is 12.5. The van der Waals surface area contributed by atoms with Gasteiger partial charge in [0.05, 0.1) is 24.3 Å². The van der Waals surface area contributed by atoms with Gasteiger partial charge in [0.25, 0.3) is 0 Å². The Morgan fingerprint density at radius 1 is 1.03 bits per heavy atom. The Hall–Kier alpha value is -3.67. The standard InChI is InChI=1S/C24H24N4O2/c1-17-21(18(2)28(27-17)20-10-4-3-5-11-20)16-23(29)25-14-15-30-22-12-6-8-19-9-7-13-26-24(19)22/h3-13H,14-16H2,1-2H3,(H,25,29). The van der Waals surface area contributed by atoms with Crippen molar-refractivity contribution in [3.05, 3.63) is 83.8 Å². The van der Waals surface area contributed by atoms with Crippen molar-refractivity contribution in [1.29, 1.82) is 0 Å². The van der Waals surface area contributed by atoms with E-state index in [2.05, 4.69) is 15.4 Å². The average Bonchev–Trinajstić information content (AvgIpc) is 3.05. The van der Waals surface area contributed by atoms with E-state index in [0.29, 0.717) is 19.6 Å². The molecular formula is C24H24N4O2. The number of fused-ring (bicyclic) bond motifs is 1. The number of aryl methyl sites for hydroxylation is 1. The zero-order valence-corrected chi connectivity index (χ0v) is 17.1. The summed E-state index contributed by atoms with van der Waals surface area (Å²) in [6.45, 7) is 4.73. The van der Waals surface area contributed by atoms with Gasteiger partial charge in [-0.15, -0.1) is 0 Å². The first kappa shape index (κ1) is 19.6. The predicted molar refractivity (Wildman–Crippen MR) is 117 cm³/mol. The number of ether oxygens (including phenoxy) is 1. The highest BCUT2D eigenvalue weighted by Gasteiger charge is 2.15. The van der Waals surface area contributed by atoms with Gasteiger partial charge in [-0.05, 0) is 38.1 Å². The molecule has 6 nitrogen and oxygen atoms in total. The van der Waals surface area contributed by atoms with E-state index in [-0.39, 0.29) is 5.91 Å². The van der Waals surface area contributed by atoms with Crippen LogP contribution in [-0.2, 0) is 11.2 Å². The molecule has 4 aromatic rings. The number of carbonyl (C=O) groups is 1. The molecule has 4 rings (SSSR count). The summed E-state index contributed by atoms with van der Waals surface area (Å²) in [6.07, 6.45) is 2.04. The molecule has 2 heterocycles. The van der Waals surface area contributed by atoms with Crippen LogP contribution in [0.15, 0.2) is 66.9 Å². The van der Waals surface area contributed by atoms with Crippen molar-refractivity contribution in [3.63, 3.8) is 0 Å². The summed E-state index contributed by atoms with van der Waals surface area (Å²) in [5.74, 6) is 0.673. The molecule has 0 saturated heterocycles. The first-order valence-electron chi connectivity index (χ1n) is 9.97. The fourth-order valence-corrected chi connectivity index (χ4v) is 3.52. The normalized spacial score (nSPS) is 10.9. The summed E-state index contributed by atoms with van der Waals surface area (Å²) < 4.78 is 7.72. The van der Waals surface area contributed by atoms with Gasteiger partial charge in [-0.25, -0.2) is 4.68 Å². The summed E-state index contributed by atoms with van der Waals surface area (Å²) >= 11 is 0. The molecule has 30 heavy (non-hydrogen) atoms. The van der Waals surface area contributed by atoms with Crippen LogP contribution in [0.3, 0.4) is 0 Å². The van der Waals surface area contributed by atoms with Gasteiger partial charge in [0.1, 0.15) is 17.9 Å². The van der Waals surface area contributed by atoms with E-state index in [1.807, 2.05) is 79.2 Å². The topological polar surface area (TPSA) is 69.0 Å². The van der Waals surface area contributed by atoms with Gasteiger partial charge in [-0.1, -0.05) is 36.4 Å². The monoisotopic (exact) mass is 400 g/mol. The largest absolute Gasteiger partial charge is 0.489 e. The molecule has 0 aliphatic rings. The molecule has 0 spiro atoms. The lowest BCUT2D eigenvalue weighted by Gasteiger charge is -2.10. The average molecular weight is 400 g/mol. The fraction of sp³-hybridized carbons (Fsp3) is 0.208. The highest BCUT2D eigenvalue weighted by atomic mass is 16.5. The Morgan fingerprint density at radius 3 is 2.67 bits per heavy atom. The highest BCUT2D eigenvalue weighted by Crippen LogP contribution is 2.22. The first-order valence-corrected chi connectivity index (χ1v) is 9.97. The molecule has 0 bridgehead atoms. The number of hydrogen-bond donors (Lipinski definition) is 1. The van der Waals surface area contributed by atoms with Crippen LogP contribution in [0.2, 0.25) is 0 Å². The summed E-state index contributed by atoms with van der Waals surface area (Å²) in [4.78, 5) is 16.8. The van der Waals surface area contributed by atoms with E-state index >= 15 is 0 Å². The minimum absolute atomic E-state index is 0.0477. The predicted octanol–water partition coefficient (Wildman–Crippen LogP) is 3.78. The van der Waals surface area contributed by atoms with Gasteiger partial charge in [0.2, 0.25) is 5.91 Å². The number of hydrogen-bond acceptors (Lipinski definition) is 4. The number of amides is 1. The Bertz CT molecular complexity index is 1160.